The van der Waals surface area contributed by atoms with E-state index in [2.05, 4.69) is 32.6 Å². The molecular formula is C14H25NO. The summed E-state index contributed by atoms with van der Waals surface area (Å²) in [5, 5.41) is 0. The third kappa shape index (κ3) is 1.87. The van der Waals surface area contributed by atoms with Crippen molar-refractivity contribution >= 4 is 5.91 Å². The van der Waals surface area contributed by atoms with Gasteiger partial charge in [0.05, 0.1) is 0 Å². The van der Waals surface area contributed by atoms with Gasteiger partial charge in [-0.05, 0) is 30.1 Å². The van der Waals surface area contributed by atoms with Crippen LogP contribution in [0.1, 0.15) is 59.8 Å². The standard InChI is InChI=1S/C14H25NO/c1-5-6-7-12(16)15-10-14(4)8-11(15)13(2,3)9-14/h11H,5-10H2,1-4H3/t11-,14-/m0/s1. The van der Waals surface area contributed by atoms with Gasteiger partial charge in [0.2, 0.25) is 5.91 Å². The summed E-state index contributed by atoms with van der Waals surface area (Å²) >= 11 is 0. The summed E-state index contributed by atoms with van der Waals surface area (Å²) in [5.74, 6) is 0.392. The lowest BCUT2D eigenvalue weighted by Gasteiger charge is -2.41. The molecule has 0 spiro atoms. The molecule has 2 aliphatic rings. The normalized spacial score (nSPS) is 35.8. The van der Waals surface area contributed by atoms with Crippen LogP contribution >= 0.6 is 0 Å². The molecule has 0 aromatic rings. The summed E-state index contributed by atoms with van der Waals surface area (Å²) in [4.78, 5) is 14.3. The van der Waals surface area contributed by atoms with E-state index in [0.29, 0.717) is 22.8 Å². The molecule has 0 aromatic carbocycles. The van der Waals surface area contributed by atoms with E-state index in [1.807, 2.05) is 0 Å². The molecule has 2 atom stereocenters. The summed E-state index contributed by atoms with van der Waals surface area (Å²) in [6.45, 7) is 10.1. The zero-order valence-electron chi connectivity index (χ0n) is 11.2. The number of carbonyl (C=O) groups is 1. The quantitative estimate of drug-likeness (QED) is 0.719. The fourth-order valence-corrected chi connectivity index (χ4v) is 3.94. The molecule has 0 N–H and O–H groups in total. The lowest BCUT2D eigenvalue weighted by molar-refractivity contribution is -0.136. The molecule has 2 bridgehead atoms. The summed E-state index contributed by atoms with van der Waals surface area (Å²) in [5.41, 5.74) is 0.727. The Morgan fingerprint density at radius 2 is 2.06 bits per heavy atom. The van der Waals surface area contributed by atoms with Crippen molar-refractivity contribution in [3.8, 4) is 0 Å². The van der Waals surface area contributed by atoms with Gasteiger partial charge in [-0.25, -0.2) is 0 Å². The minimum atomic E-state index is 0.328. The second-order valence-electron chi connectivity index (χ2n) is 6.82. The van der Waals surface area contributed by atoms with Gasteiger partial charge < -0.3 is 4.90 Å². The van der Waals surface area contributed by atoms with Crippen molar-refractivity contribution in [2.75, 3.05) is 6.54 Å². The molecule has 1 heterocycles. The number of likely N-dealkylation sites (tertiary alicyclic amines) is 1. The van der Waals surface area contributed by atoms with Crippen LogP contribution in [0.3, 0.4) is 0 Å². The molecule has 16 heavy (non-hydrogen) atoms. The number of hydrogen-bond acceptors (Lipinski definition) is 1. The number of fused-ring (bicyclic) bond motifs is 2. The van der Waals surface area contributed by atoms with Crippen LogP contribution in [0.15, 0.2) is 0 Å². The van der Waals surface area contributed by atoms with Crippen molar-refractivity contribution < 1.29 is 4.79 Å². The van der Waals surface area contributed by atoms with Crippen molar-refractivity contribution in [3.05, 3.63) is 0 Å². The minimum absolute atomic E-state index is 0.328. The largest absolute Gasteiger partial charge is 0.339 e. The van der Waals surface area contributed by atoms with Gasteiger partial charge in [0.1, 0.15) is 0 Å². The van der Waals surface area contributed by atoms with Crippen molar-refractivity contribution in [1.82, 2.24) is 4.90 Å². The average Bonchev–Trinajstić information content (AvgIpc) is 2.62. The molecule has 2 nitrogen and oxygen atoms in total. The first kappa shape index (κ1) is 11.9. The highest BCUT2D eigenvalue weighted by Crippen LogP contribution is 2.56. The first-order chi connectivity index (χ1) is 7.38. The van der Waals surface area contributed by atoms with E-state index in [1.54, 1.807) is 0 Å². The van der Waals surface area contributed by atoms with E-state index in [9.17, 15) is 4.79 Å². The Morgan fingerprint density at radius 1 is 1.38 bits per heavy atom. The zero-order chi connectivity index (χ0) is 12.0. The van der Waals surface area contributed by atoms with Crippen LogP contribution in [0.4, 0.5) is 0 Å². The maximum Gasteiger partial charge on any atom is 0.222 e. The average molecular weight is 223 g/mol. The molecule has 0 aromatic heterocycles. The molecule has 0 unspecified atom stereocenters. The predicted molar refractivity (Wildman–Crippen MR) is 66.1 cm³/mol. The molecule has 92 valence electrons. The number of amides is 1. The number of hydrogen-bond donors (Lipinski definition) is 0. The van der Waals surface area contributed by atoms with Crippen LogP contribution in [0, 0.1) is 10.8 Å². The first-order valence-corrected chi connectivity index (χ1v) is 6.67. The van der Waals surface area contributed by atoms with Crippen LogP contribution in [-0.4, -0.2) is 23.4 Å². The topological polar surface area (TPSA) is 20.3 Å². The molecule has 1 aliphatic carbocycles. The van der Waals surface area contributed by atoms with Gasteiger partial charge in [-0.3, -0.25) is 4.79 Å². The van der Waals surface area contributed by atoms with E-state index in [-0.39, 0.29) is 0 Å². The Hall–Kier alpha value is -0.530. The highest BCUT2D eigenvalue weighted by Gasteiger charge is 2.56. The number of rotatable bonds is 3. The molecule has 1 saturated heterocycles. The minimum Gasteiger partial charge on any atom is -0.339 e. The third-order valence-corrected chi connectivity index (χ3v) is 4.46. The van der Waals surface area contributed by atoms with Gasteiger partial charge in [0, 0.05) is 19.0 Å². The number of piperidine rings is 1. The number of nitrogens with zero attached hydrogens (tertiary/aromatic N) is 1. The summed E-state index contributed by atoms with van der Waals surface area (Å²) < 4.78 is 0. The molecule has 1 amide bonds. The Labute approximate surface area is 99.4 Å². The maximum atomic E-state index is 12.2. The third-order valence-electron chi connectivity index (χ3n) is 4.46. The van der Waals surface area contributed by atoms with Crippen molar-refractivity contribution in [1.29, 1.82) is 0 Å². The van der Waals surface area contributed by atoms with E-state index in [1.165, 1.54) is 12.8 Å². The van der Waals surface area contributed by atoms with Crippen molar-refractivity contribution in [3.63, 3.8) is 0 Å². The van der Waals surface area contributed by atoms with Crippen LogP contribution < -0.4 is 0 Å². The van der Waals surface area contributed by atoms with Gasteiger partial charge in [0.15, 0.2) is 0 Å². The smallest absolute Gasteiger partial charge is 0.222 e. The fraction of sp³-hybridized carbons (Fsp3) is 0.929. The summed E-state index contributed by atoms with van der Waals surface area (Å²) in [6, 6.07) is 0.502. The second-order valence-corrected chi connectivity index (χ2v) is 6.82. The Kier molecular flexibility index (Phi) is 2.80. The van der Waals surface area contributed by atoms with E-state index < -0.39 is 0 Å². The van der Waals surface area contributed by atoms with E-state index >= 15 is 0 Å². The molecule has 2 rings (SSSR count). The van der Waals surface area contributed by atoms with Crippen LogP contribution in [0.5, 0.6) is 0 Å². The molecule has 1 saturated carbocycles. The monoisotopic (exact) mass is 223 g/mol. The van der Waals surface area contributed by atoms with Gasteiger partial charge in [-0.15, -0.1) is 0 Å². The highest BCUT2D eigenvalue weighted by molar-refractivity contribution is 5.77. The SMILES string of the molecule is CCCCC(=O)N1C[C@@]2(C)C[C@H]1C(C)(C)C2. The Morgan fingerprint density at radius 3 is 2.56 bits per heavy atom. The lowest BCUT2D eigenvalue weighted by atomic mass is 9.79. The fourth-order valence-electron chi connectivity index (χ4n) is 3.94. The second kappa shape index (κ2) is 3.75. The Balaban J connectivity index is 2.06. The predicted octanol–water partition coefficient (Wildman–Crippen LogP) is 3.21. The van der Waals surface area contributed by atoms with Gasteiger partial charge in [-0.1, -0.05) is 34.1 Å². The van der Waals surface area contributed by atoms with Gasteiger partial charge in [-0.2, -0.15) is 0 Å². The number of unbranched alkanes of at least 4 members (excludes halogenated alkanes) is 1. The van der Waals surface area contributed by atoms with E-state index in [0.717, 1.165) is 25.8 Å². The van der Waals surface area contributed by atoms with Crippen molar-refractivity contribution in [2.45, 2.75) is 65.8 Å². The first-order valence-electron chi connectivity index (χ1n) is 6.67. The summed E-state index contributed by atoms with van der Waals surface area (Å²) in [6.07, 6.45) is 5.41. The molecule has 2 fully saturated rings. The lowest BCUT2D eigenvalue weighted by Crippen LogP contribution is -2.47. The summed E-state index contributed by atoms with van der Waals surface area (Å²) in [7, 11) is 0. The van der Waals surface area contributed by atoms with Gasteiger partial charge in [0.25, 0.3) is 0 Å². The molecular weight excluding hydrogens is 198 g/mol. The van der Waals surface area contributed by atoms with E-state index in [4.69, 9.17) is 0 Å². The number of carbonyl (C=O) groups excluding carboxylic acids is 1. The van der Waals surface area contributed by atoms with Crippen LogP contribution in [0.2, 0.25) is 0 Å². The molecule has 2 heteroatoms. The Bertz CT molecular complexity index is 294. The van der Waals surface area contributed by atoms with Crippen molar-refractivity contribution in [2.24, 2.45) is 10.8 Å². The van der Waals surface area contributed by atoms with Gasteiger partial charge >= 0.3 is 0 Å². The van der Waals surface area contributed by atoms with Crippen LogP contribution in [-0.2, 0) is 4.79 Å². The zero-order valence-corrected chi connectivity index (χ0v) is 11.2. The maximum absolute atomic E-state index is 12.2. The van der Waals surface area contributed by atoms with Crippen LogP contribution in [0.25, 0.3) is 0 Å². The highest BCUT2D eigenvalue weighted by atomic mass is 16.2. The molecule has 0 radical (unpaired) electrons. The molecule has 1 aliphatic heterocycles.